The van der Waals surface area contributed by atoms with Crippen molar-refractivity contribution in [3.8, 4) is 0 Å². The minimum Gasteiger partial charge on any atom is -0.382 e. The highest BCUT2D eigenvalue weighted by atomic mass is 32.2. The van der Waals surface area contributed by atoms with Crippen molar-refractivity contribution in [2.24, 2.45) is 5.92 Å². The lowest BCUT2D eigenvalue weighted by atomic mass is 10.1. The second-order valence-electron chi connectivity index (χ2n) is 8.27. The molecule has 3 rings (SSSR count). The van der Waals surface area contributed by atoms with E-state index in [9.17, 15) is 8.42 Å². The molecule has 0 aliphatic carbocycles. The molecule has 1 N–H and O–H groups in total. The molecule has 0 radical (unpaired) electrons. The minimum absolute atomic E-state index is 0.239. The molecule has 0 aliphatic rings. The van der Waals surface area contributed by atoms with Gasteiger partial charge in [-0.2, -0.15) is 0 Å². The van der Waals surface area contributed by atoms with E-state index in [1.807, 2.05) is 25.1 Å². The zero-order valence-corrected chi connectivity index (χ0v) is 19.9. The van der Waals surface area contributed by atoms with E-state index >= 15 is 0 Å². The molecule has 3 aromatic rings. The van der Waals surface area contributed by atoms with Gasteiger partial charge in [0.05, 0.1) is 36.4 Å². The van der Waals surface area contributed by atoms with E-state index in [2.05, 4.69) is 33.1 Å². The number of rotatable bonds is 12. The fourth-order valence-corrected chi connectivity index (χ4v) is 4.87. The van der Waals surface area contributed by atoms with E-state index < -0.39 is 10.0 Å². The molecule has 9 heteroatoms. The first kappa shape index (κ1) is 24.3. The first-order valence-corrected chi connectivity index (χ1v) is 12.2. The van der Waals surface area contributed by atoms with Crippen molar-refractivity contribution in [3.63, 3.8) is 0 Å². The molecule has 174 valence electrons. The average Bonchev–Trinajstić information content (AvgIpc) is 3.06. The van der Waals surface area contributed by atoms with Crippen LogP contribution >= 0.6 is 0 Å². The van der Waals surface area contributed by atoms with Crippen LogP contribution in [0.2, 0.25) is 0 Å². The number of hydrogen-bond donors (Lipinski definition) is 1. The van der Waals surface area contributed by atoms with Crippen LogP contribution in [0, 0.1) is 12.8 Å². The monoisotopic (exact) mass is 460 g/mol. The summed E-state index contributed by atoms with van der Waals surface area (Å²) in [5.41, 5.74) is 2.84. The summed E-state index contributed by atoms with van der Waals surface area (Å²) in [6.45, 7) is 7.88. The molecule has 0 saturated heterocycles. The highest BCUT2D eigenvalue weighted by Gasteiger charge is 2.21. The maximum atomic E-state index is 13.0. The van der Waals surface area contributed by atoms with Gasteiger partial charge in [0.15, 0.2) is 0 Å². The summed E-state index contributed by atoms with van der Waals surface area (Å²) >= 11 is 0. The molecule has 1 unspecified atom stereocenters. The Balaban J connectivity index is 1.70. The van der Waals surface area contributed by atoms with Gasteiger partial charge < -0.3 is 14.0 Å². The number of fused-ring (bicyclic) bond motifs is 1. The van der Waals surface area contributed by atoms with Crippen LogP contribution in [0.1, 0.15) is 31.7 Å². The molecule has 2 aromatic heterocycles. The first-order chi connectivity index (χ1) is 15.3. The maximum absolute atomic E-state index is 13.0. The molecule has 0 amide bonds. The van der Waals surface area contributed by atoms with E-state index in [0.29, 0.717) is 38.7 Å². The van der Waals surface area contributed by atoms with Crippen LogP contribution < -0.4 is 4.72 Å². The van der Waals surface area contributed by atoms with Gasteiger partial charge in [0.2, 0.25) is 10.0 Å². The number of aryl methyl sites for hydroxylation is 1. The lowest BCUT2D eigenvalue weighted by Crippen LogP contribution is -2.39. The summed E-state index contributed by atoms with van der Waals surface area (Å²) < 4.78 is 41.4. The van der Waals surface area contributed by atoms with Crippen molar-refractivity contribution in [2.75, 3.05) is 26.9 Å². The van der Waals surface area contributed by atoms with Crippen LogP contribution in [0.5, 0.6) is 0 Å². The molecule has 32 heavy (non-hydrogen) atoms. The standard InChI is InChI=1S/C23H32N4O4S/c1-17(2)13-20(16-31-12-11-30-4)26-32(28,29)21-7-5-19(6-8-21)15-27-18(3)25-22-14-24-10-9-23(22)27/h5-10,14,17,20,26H,11-13,15-16H2,1-4H3. The highest BCUT2D eigenvalue weighted by Crippen LogP contribution is 2.18. The zero-order valence-electron chi connectivity index (χ0n) is 19.1. The van der Waals surface area contributed by atoms with Gasteiger partial charge in [-0.25, -0.2) is 18.1 Å². The molecule has 0 saturated carbocycles. The summed E-state index contributed by atoms with van der Waals surface area (Å²) in [5, 5.41) is 0. The normalized spacial score (nSPS) is 13.2. The van der Waals surface area contributed by atoms with Crippen molar-refractivity contribution in [2.45, 2.75) is 44.7 Å². The fourth-order valence-electron chi connectivity index (χ4n) is 3.63. The summed E-state index contributed by atoms with van der Waals surface area (Å²) in [6.07, 6.45) is 4.17. The third-order valence-corrected chi connectivity index (χ3v) is 6.68. The first-order valence-electron chi connectivity index (χ1n) is 10.7. The van der Waals surface area contributed by atoms with Crippen LogP contribution in [0.3, 0.4) is 0 Å². The molecular weight excluding hydrogens is 428 g/mol. The molecule has 2 heterocycles. The van der Waals surface area contributed by atoms with Crippen LogP contribution in [0.4, 0.5) is 0 Å². The van der Waals surface area contributed by atoms with Gasteiger partial charge in [-0.3, -0.25) is 4.98 Å². The van der Waals surface area contributed by atoms with E-state index in [0.717, 1.165) is 22.4 Å². The van der Waals surface area contributed by atoms with Crippen LogP contribution in [0.25, 0.3) is 11.0 Å². The molecule has 1 aromatic carbocycles. The molecule has 1 atom stereocenters. The Morgan fingerprint density at radius 3 is 2.56 bits per heavy atom. The van der Waals surface area contributed by atoms with Gasteiger partial charge in [0, 0.05) is 25.9 Å². The Kier molecular flexibility index (Phi) is 8.36. The number of pyridine rings is 1. The number of nitrogens with one attached hydrogen (secondary N) is 1. The molecule has 8 nitrogen and oxygen atoms in total. The third kappa shape index (κ3) is 6.35. The predicted octanol–water partition coefficient (Wildman–Crippen LogP) is 3.14. The number of ether oxygens (including phenoxy) is 2. The Morgan fingerprint density at radius 1 is 1.12 bits per heavy atom. The van der Waals surface area contributed by atoms with Gasteiger partial charge in [-0.1, -0.05) is 26.0 Å². The number of benzene rings is 1. The van der Waals surface area contributed by atoms with Crippen molar-refractivity contribution in [1.82, 2.24) is 19.3 Å². The summed E-state index contributed by atoms with van der Waals surface area (Å²) in [5.74, 6) is 1.22. The minimum atomic E-state index is -3.66. The summed E-state index contributed by atoms with van der Waals surface area (Å²) in [4.78, 5) is 8.89. The van der Waals surface area contributed by atoms with Crippen molar-refractivity contribution >= 4 is 21.1 Å². The second kappa shape index (κ2) is 11.0. The van der Waals surface area contributed by atoms with Crippen LogP contribution in [0.15, 0.2) is 47.6 Å². The lowest BCUT2D eigenvalue weighted by Gasteiger charge is -2.21. The number of nitrogens with zero attached hydrogens (tertiary/aromatic N) is 3. The number of sulfonamides is 1. The number of aromatic nitrogens is 3. The van der Waals surface area contributed by atoms with E-state index in [1.165, 1.54) is 0 Å². The lowest BCUT2D eigenvalue weighted by molar-refractivity contribution is 0.0589. The number of hydrogen-bond acceptors (Lipinski definition) is 6. The van der Waals surface area contributed by atoms with E-state index in [-0.39, 0.29) is 10.9 Å². The van der Waals surface area contributed by atoms with Crippen molar-refractivity contribution < 1.29 is 17.9 Å². The smallest absolute Gasteiger partial charge is 0.240 e. The molecule has 0 aliphatic heterocycles. The highest BCUT2D eigenvalue weighted by molar-refractivity contribution is 7.89. The average molecular weight is 461 g/mol. The fraction of sp³-hybridized carbons (Fsp3) is 0.478. The Bertz CT molecular complexity index is 1110. The van der Waals surface area contributed by atoms with Gasteiger partial charge >= 0.3 is 0 Å². The van der Waals surface area contributed by atoms with Crippen molar-refractivity contribution in [3.05, 3.63) is 54.1 Å². The SMILES string of the molecule is COCCOCC(CC(C)C)NS(=O)(=O)c1ccc(Cn2c(C)nc3cnccc32)cc1. The second-order valence-corrected chi connectivity index (χ2v) is 9.98. The quantitative estimate of drug-likeness (QED) is 0.417. The third-order valence-electron chi connectivity index (χ3n) is 5.14. The van der Waals surface area contributed by atoms with Gasteiger partial charge in [-0.15, -0.1) is 0 Å². The van der Waals surface area contributed by atoms with Crippen LogP contribution in [-0.4, -0.2) is 55.9 Å². The van der Waals surface area contributed by atoms with Crippen molar-refractivity contribution in [1.29, 1.82) is 0 Å². The summed E-state index contributed by atoms with van der Waals surface area (Å²) in [6, 6.07) is 8.60. The zero-order chi connectivity index (χ0) is 23.1. The number of imidazole rings is 1. The Morgan fingerprint density at radius 2 is 1.88 bits per heavy atom. The Hall–Kier alpha value is -2.33. The van der Waals surface area contributed by atoms with Gasteiger partial charge in [0.1, 0.15) is 11.3 Å². The molecular formula is C23H32N4O4S. The molecule has 0 spiro atoms. The van der Waals surface area contributed by atoms with E-state index in [1.54, 1.807) is 31.6 Å². The van der Waals surface area contributed by atoms with Gasteiger partial charge in [-0.05, 0) is 43.0 Å². The predicted molar refractivity (Wildman–Crippen MR) is 124 cm³/mol. The van der Waals surface area contributed by atoms with Gasteiger partial charge in [0.25, 0.3) is 0 Å². The maximum Gasteiger partial charge on any atom is 0.240 e. The summed E-state index contributed by atoms with van der Waals surface area (Å²) in [7, 11) is -2.05. The largest absolute Gasteiger partial charge is 0.382 e. The van der Waals surface area contributed by atoms with E-state index in [4.69, 9.17) is 9.47 Å². The molecule has 0 bridgehead atoms. The number of methoxy groups -OCH3 is 1. The van der Waals surface area contributed by atoms with Crippen LogP contribution in [-0.2, 0) is 26.0 Å². The topological polar surface area (TPSA) is 95.3 Å². The Labute approximate surface area is 190 Å². The molecule has 0 fully saturated rings.